The number of rotatable bonds is 6. The summed E-state index contributed by atoms with van der Waals surface area (Å²) < 4.78 is 0.939. The zero-order valence-electron chi connectivity index (χ0n) is 10.6. The third kappa shape index (κ3) is 4.23. The highest BCUT2D eigenvalue weighted by Gasteiger charge is 2.05. The lowest BCUT2D eigenvalue weighted by Gasteiger charge is -2.04. The molecule has 2 rings (SSSR count). The van der Waals surface area contributed by atoms with E-state index in [0.717, 1.165) is 27.3 Å². The van der Waals surface area contributed by atoms with Gasteiger partial charge in [-0.1, -0.05) is 41.3 Å². The lowest BCUT2D eigenvalue weighted by Crippen LogP contribution is -1.91. The highest BCUT2D eigenvalue weighted by Crippen LogP contribution is 2.28. The summed E-state index contributed by atoms with van der Waals surface area (Å²) in [7, 11) is 0. The highest BCUT2D eigenvalue weighted by molar-refractivity contribution is 8.01. The van der Waals surface area contributed by atoms with E-state index in [9.17, 15) is 0 Å². The number of unbranched alkanes of at least 4 members (excludes halogenated alkanes) is 1. The van der Waals surface area contributed by atoms with E-state index in [1.807, 2.05) is 18.2 Å². The molecule has 98 valence electrons. The average molecular weight is 290 g/mol. The molecule has 1 heterocycles. The number of benzene rings is 1. The van der Waals surface area contributed by atoms with Crippen molar-refractivity contribution in [1.29, 1.82) is 5.26 Å². The predicted octanol–water partition coefficient (Wildman–Crippen LogP) is 3.99. The fourth-order valence-corrected chi connectivity index (χ4v) is 3.23. The van der Waals surface area contributed by atoms with Gasteiger partial charge in [-0.25, -0.2) is 0 Å². The van der Waals surface area contributed by atoms with Crippen molar-refractivity contribution < 1.29 is 0 Å². The minimum Gasteiger partial charge on any atom is -0.330 e. The van der Waals surface area contributed by atoms with E-state index < -0.39 is 0 Å². The van der Waals surface area contributed by atoms with Crippen LogP contribution in [0.25, 0.3) is 0 Å². The van der Waals surface area contributed by atoms with Gasteiger partial charge in [-0.05, 0) is 25.0 Å². The average Bonchev–Trinajstić information content (AvgIpc) is 2.85. The Bertz CT molecular complexity index is 574. The summed E-state index contributed by atoms with van der Waals surface area (Å²) in [6.45, 7) is 2.06. The summed E-state index contributed by atoms with van der Waals surface area (Å²) in [5, 5.41) is 20.8. The third-order valence-corrected chi connectivity index (χ3v) is 4.51. The first kappa shape index (κ1) is 13.8. The molecule has 1 N–H and O–H groups in total. The van der Waals surface area contributed by atoms with Gasteiger partial charge in [0.05, 0.1) is 6.07 Å². The molecule has 1 aromatic carbocycles. The molecule has 2 aromatic rings. The zero-order valence-corrected chi connectivity index (χ0v) is 12.2. The Morgan fingerprint density at radius 1 is 1.37 bits per heavy atom. The molecule has 0 saturated heterocycles. The van der Waals surface area contributed by atoms with Gasteiger partial charge >= 0.3 is 0 Å². The number of aryl methyl sites for hydroxylation is 1. The summed E-state index contributed by atoms with van der Waals surface area (Å²) in [6, 6.07) is 10.2. The smallest absolute Gasteiger partial charge is 0.210 e. The van der Waals surface area contributed by atoms with Gasteiger partial charge in [0.2, 0.25) is 5.13 Å². The molecule has 0 aliphatic carbocycles. The van der Waals surface area contributed by atoms with E-state index in [-0.39, 0.29) is 0 Å². The molecular weight excluding hydrogens is 276 g/mol. The van der Waals surface area contributed by atoms with E-state index in [4.69, 9.17) is 5.26 Å². The first-order valence-corrected chi connectivity index (χ1v) is 7.75. The first-order valence-electron chi connectivity index (χ1n) is 5.95. The van der Waals surface area contributed by atoms with Crippen LogP contribution in [0.1, 0.15) is 18.4 Å². The second-order valence-corrected chi connectivity index (χ2v) is 6.24. The monoisotopic (exact) mass is 290 g/mol. The highest BCUT2D eigenvalue weighted by atomic mass is 32.2. The summed E-state index contributed by atoms with van der Waals surface area (Å²) in [6.07, 6.45) is 1.49. The Labute approximate surface area is 120 Å². The number of hydrogen-bond acceptors (Lipinski definition) is 6. The van der Waals surface area contributed by atoms with Crippen molar-refractivity contribution in [3.05, 3.63) is 29.8 Å². The largest absolute Gasteiger partial charge is 0.330 e. The van der Waals surface area contributed by atoms with Crippen LogP contribution in [-0.4, -0.2) is 16.0 Å². The molecule has 0 radical (unpaired) electrons. The Balaban J connectivity index is 1.91. The molecule has 0 saturated carbocycles. The fraction of sp³-hybridized carbons (Fsp3) is 0.308. The molecule has 0 unspecified atom stereocenters. The lowest BCUT2D eigenvalue weighted by atomic mass is 10.2. The maximum atomic E-state index is 8.46. The van der Waals surface area contributed by atoms with Crippen molar-refractivity contribution in [3.8, 4) is 6.07 Å². The minimum atomic E-state index is 0.597. The van der Waals surface area contributed by atoms with Gasteiger partial charge in [-0.3, -0.25) is 0 Å². The van der Waals surface area contributed by atoms with E-state index in [1.54, 1.807) is 23.1 Å². The van der Waals surface area contributed by atoms with E-state index in [1.165, 1.54) is 5.56 Å². The second-order valence-electron chi connectivity index (χ2n) is 3.92. The van der Waals surface area contributed by atoms with Gasteiger partial charge in [0.1, 0.15) is 0 Å². The molecular formula is C13H14N4S2. The van der Waals surface area contributed by atoms with Crippen LogP contribution in [0.5, 0.6) is 0 Å². The van der Waals surface area contributed by atoms with Gasteiger partial charge in [0.25, 0.3) is 0 Å². The Kier molecular flexibility index (Phi) is 5.19. The molecule has 0 amide bonds. The molecule has 0 aliphatic rings. The SMILES string of the molecule is Cc1ccccc1Nc1nnc(SCCCC#N)s1. The Morgan fingerprint density at radius 2 is 2.21 bits per heavy atom. The topological polar surface area (TPSA) is 61.6 Å². The molecule has 0 atom stereocenters. The fourth-order valence-electron chi connectivity index (χ4n) is 1.46. The van der Waals surface area contributed by atoms with Crippen molar-refractivity contribution >= 4 is 33.9 Å². The van der Waals surface area contributed by atoms with E-state index >= 15 is 0 Å². The number of nitrogens with zero attached hydrogens (tertiary/aromatic N) is 3. The van der Waals surface area contributed by atoms with Gasteiger partial charge in [0.15, 0.2) is 4.34 Å². The number of nitriles is 1. The Morgan fingerprint density at radius 3 is 3.00 bits per heavy atom. The quantitative estimate of drug-likeness (QED) is 0.644. The number of hydrogen-bond donors (Lipinski definition) is 1. The number of nitrogens with one attached hydrogen (secondary N) is 1. The van der Waals surface area contributed by atoms with Crippen LogP contribution in [0, 0.1) is 18.3 Å². The molecule has 1 aromatic heterocycles. The predicted molar refractivity (Wildman–Crippen MR) is 79.9 cm³/mol. The summed E-state index contributed by atoms with van der Waals surface area (Å²) in [4.78, 5) is 0. The summed E-state index contributed by atoms with van der Waals surface area (Å²) in [5.41, 5.74) is 2.24. The van der Waals surface area contributed by atoms with E-state index in [2.05, 4.69) is 34.6 Å². The third-order valence-electron chi connectivity index (χ3n) is 2.45. The first-order chi connectivity index (χ1) is 9.29. The number of thioether (sulfide) groups is 1. The van der Waals surface area contributed by atoms with Gasteiger partial charge in [-0.2, -0.15) is 5.26 Å². The lowest BCUT2D eigenvalue weighted by molar-refractivity contribution is 0.971. The van der Waals surface area contributed by atoms with E-state index in [0.29, 0.717) is 6.42 Å². The second kappa shape index (κ2) is 7.12. The van der Waals surface area contributed by atoms with Crippen LogP contribution >= 0.6 is 23.1 Å². The molecule has 0 fully saturated rings. The molecule has 4 nitrogen and oxygen atoms in total. The van der Waals surface area contributed by atoms with Crippen molar-refractivity contribution in [1.82, 2.24) is 10.2 Å². The van der Waals surface area contributed by atoms with Crippen LogP contribution < -0.4 is 5.32 Å². The minimum absolute atomic E-state index is 0.597. The number of para-hydroxylation sites is 1. The molecule has 6 heteroatoms. The van der Waals surface area contributed by atoms with Gasteiger partial charge < -0.3 is 5.32 Å². The van der Waals surface area contributed by atoms with Crippen molar-refractivity contribution in [3.63, 3.8) is 0 Å². The molecule has 0 spiro atoms. The van der Waals surface area contributed by atoms with Crippen LogP contribution in [0.4, 0.5) is 10.8 Å². The summed E-state index contributed by atoms with van der Waals surface area (Å²) in [5.74, 6) is 0.909. The van der Waals surface area contributed by atoms with Crippen LogP contribution in [-0.2, 0) is 0 Å². The number of aromatic nitrogens is 2. The number of anilines is 2. The maximum absolute atomic E-state index is 8.46. The van der Waals surface area contributed by atoms with Crippen LogP contribution in [0.15, 0.2) is 28.6 Å². The molecule has 0 bridgehead atoms. The normalized spacial score (nSPS) is 10.1. The molecule has 19 heavy (non-hydrogen) atoms. The van der Waals surface area contributed by atoms with Crippen LogP contribution in [0.3, 0.4) is 0 Å². The summed E-state index contributed by atoms with van der Waals surface area (Å²) >= 11 is 3.19. The van der Waals surface area contributed by atoms with Crippen molar-refractivity contribution in [2.45, 2.75) is 24.1 Å². The maximum Gasteiger partial charge on any atom is 0.210 e. The molecule has 0 aliphatic heterocycles. The van der Waals surface area contributed by atoms with Gasteiger partial charge in [-0.15, -0.1) is 10.2 Å². The van der Waals surface area contributed by atoms with Crippen LogP contribution in [0.2, 0.25) is 0 Å². The Hall–Kier alpha value is -1.58. The van der Waals surface area contributed by atoms with Crippen molar-refractivity contribution in [2.24, 2.45) is 0 Å². The van der Waals surface area contributed by atoms with Crippen molar-refractivity contribution in [2.75, 3.05) is 11.1 Å². The standard InChI is InChI=1S/C13H14N4S2/c1-10-6-2-3-7-11(10)15-12-16-17-13(19-12)18-9-5-4-8-14/h2-3,6-7H,4-5,9H2,1H3,(H,15,16). The van der Waals surface area contributed by atoms with Gasteiger partial charge in [0, 0.05) is 17.9 Å². The zero-order chi connectivity index (χ0) is 13.5.